The van der Waals surface area contributed by atoms with Gasteiger partial charge in [0, 0.05) is 10.8 Å². The molecule has 0 atom stereocenters. The van der Waals surface area contributed by atoms with Crippen LogP contribution >= 0.6 is 0 Å². The topological polar surface area (TPSA) is 52.0 Å². The minimum Gasteiger partial charge on any atom is -0.397 e. The van der Waals surface area contributed by atoms with Crippen LogP contribution in [-0.4, -0.2) is 0 Å². The summed E-state index contributed by atoms with van der Waals surface area (Å²) in [4.78, 5) is 0. The van der Waals surface area contributed by atoms with Crippen molar-refractivity contribution >= 4 is 54.5 Å². The molecule has 4 N–H and O–H groups in total. The number of hydrogen-bond acceptors (Lipinski definition) is 2. The zero-order valence-corrected chi connectivity index (χ0v) is 13.1. The second-order valence-electron chi connectivity index (χ2n) is 6.32. The first kappa shape index (κ1) is 13.2. The summed E-state index contributed by atoms with van der Waals surface area (Å²) >= 11 is 0. The van der Waals surface area contributed by atoms with Crippen molar-refractivity contribution in [1.29, 1.82) is 0 Å². The van der Waals surface area contributed by atoms with Gasteiger partial charge in [-0.25, -0.2) is 0 Å². The van der Waals surface area contributed by atoms with Crippen LogP contribution in [0.1, 0.15) is 0 Å². The highest BCUT2D eigenvalue weighted by atomic mass is 14.7. The van der Waals surface area contributed by atoms with Gasteiger partial charge in [0.05, 0.1) is 11.4 Å². The van der Waals surface area contributed by atoms with E-state index in [-0.39, 0.29) is 0 Å². The zero-order valence-electron chi connectivity index (χ0n) is 13.1. The van der Waals surface area contributed by atoms with Crippen molar-refractivity contribution in [2.45, 2.75) is 0 Å². The molecule has 0 amide bonds. The molecule has 5 aromatic carbocycles. The molecule has 0 fully saturated rings. The summed E-state index contributed by atoms with van der Waals surface area (Å²) < 4.78 is 0. The summed E-state index contributed by atoms with van der Waals surface area (Å²) in [6.45, 7) is 0. The molecule has 0 heterocycles. The molecule has 5 rings (SSSR count). The Labute approximate surface area is 139 Å². The van der Waals surface area contributed by atoms with E-state index in [1.54, 1.807) is 0 Å². The molecular formula is C22H16N2. The van der Waals surface area contributed by atoms with Crippen LogP contribution in [0.3, 0.4) is 0 Å². The van der Waals surface area contributed by atoms with Gasteiger partial charge in [-0.3, -0.25) is 0 Å². The maximum atomic E-state index is 6.39. The van der Waals surface area contributed by atoms with Crippen LogP contribution in [0.4, 0.5) is 11.4 Å². The summed E-state index contributed by atoms with van der Waals surface area (Å²) in [6.07, 6.45) is 0. The van der Waals surface area contributed by atoms with Gasteiger partial charge in [0.15, 0.2) is 0 Å². The maximum absolute atomic E-state index is 6.39. The molecule has 0 saturated carbocycles. The van der Waals surface area contributed by atoms with Gasteiger partial charge in [0.1, 0.15) is 0 Å². The van der Waals surface area contributed by atoms with Crippen molar-refractivity contribution in [3.05, 3.63) is 72.8 Å². The van der Waals surface area contributed by atoms with Gasteiger partial charge in [-0.05, 0) is 56.6 Å². The fraction of sp³-hybridized carbons (Fsp3) is 0. The van der Waals surface area contributed by atoms with Gasteiger partial charge in [0.2, 0.25) is 0 Å². The summed E-state index contributed by atoms with van der Waals surface area (Å²) in [5, 5.41) is 9.13. The molecule has 0 saturated heterocycles. The lowest BCUT2D eigenvalue weighted by Crippen LogP contribution is -1.98. The number of anilines is 2. The summed E-state index contributed by atoms with van der Waals surface area (Å²) in [6, 6.07) is 25.4. The van der Waals surface area contributed by atoms with Crippen LogP contribution in [0.2, 0.25) is 0 Å². The molecule has 0 aliphatic heterocycles. The quantitative estimate of drug-likeness (QED) is 0.173. The van der Waals surface area contributed by atoms with Crippen molar-refractivity contribution in [2.24, 2.45) is 0 Å². The molecule has 24 heavy (non-hydrogen) atoms. The zero-order chi connectivity index (χ0) is 16.3. The van der Waals surface area contributed by atoms with Gasteiger partial charge < -0.3 is 11.5 Å². The fourth-order valence-electron chi connectivity index (χ4n) is 3.66. The third-order valence-electron chi connectivity index (χ3n) is 4.93. The standard InChI is InChI=1S/C22H16N2/c23-21-19-11-15-7-3-1-5-13(15)9-17(19)18-10-14-6-2-4-8-16(14)12-20(18)22(21)24/h1-12H,23-24H2. The van der Waals surface area contributed by atoms with Gasteiger partial charge in [-0.15, -0.1) is 0 Å². The predicted molar refractivity (Wildman–Crippen MR) is 105 cm³/mol. The predicted octanol–water partition coefficient (Wildman–Crippen LogP) is 5.46. The van der Waals surface area contributed by atoms with E-state index < -0.39 is 0 Å². The molecule has 114 valence electrons. The van der Waals surface area contributed by atoms with E-state index in [9.17, 15) is 0 Å². The van der Waals surface area contributed by atoms with Crippen LogP contribution in [0.5, 0.6) is 0 Å². The molecule has 0 bridgehead atoms. The van der Waals surface area contributed by atoms with Crippen molar-refractivity contribution in [3.63, 3.8) is 0 Å². The van der Waals surface area contributed by atoms with Crippen molar-refractivity contribution in [2.75, 3.05) is 11.5 Å². The molecule has 0 aromatic heterocycles. The van der Waals surface area contributed by atoms with E-state index in [4.69, 9.17) is 11.5 Å². The van der Waals surface area contributed by atoms with E-state index in [2.05, 4.69) is 60.7 Å². The Balaban J connectivity index is 2.08. The maximum Gasteiger partial charge on any atom is 0.0634 e. The Morgan fingerprint density at radius 3 is 1.04 bits per heavy atom. The minimum atomic E-state index is 0.665. The molecule has 0 aliphatic carbocycles. The number of nitrogens with two attached hydrogens (primary N) is 2. The summed E-state index contributed by atoms with van der Waals surface area (Å²) in [5.41, 5.74) is 14.1. The van der Waals surface area contributed by atoms with Gasteiger partial charge in [-0.2, -0.15) is 0 Å². The largest absolute Gasteiger partial charge is 0.397 e. The lowest BCUT2D eigenvalue weighted by atomic mass is 9.93. The van der Waals surface area contributed by atoms with Crippen molar-refractivity contribution in [3.8, 4) is 0 Å². The highest BCUT2D eigenvalue weighted by Crippen LogP contribution is 2.40. The van der Waals surface area contributed by atoms with Crippen LogP contribution in [0.25, 0.3) is 43.1 Å². The van der Waals surface area contributed by atoms with Crippen molar-refractivity contribution in [1.82, 2.24) is 0 Å². The Morgan fingerprint density at radius 1 is 0.417 bits per heavy atom. The molecule has 0 spiro atoms. The smallest absolute Gasteiger partial charge is 0.0634 e. The molecule has 2 heteroatoms. The SMILES string of the molecule is Nc1c(N)c2cc3ccccc3cc2c2cc3ccccc3cc12. The van der Waals surface area contributed by atoms with Gasteiger partial charge in [0.25, 0.3) is 0 Å². The second-order valence-corrected chi connectivity index (χ2v) is 6.32. The second kappa shape index (κ2) is 4.62. The monoisotopic (exact) mass is 308 g/mol. The van der Waals surface area contributed by atoms with Crippen molar-refractivity contribution < 1.29 is 0 Å². The average Bonchev–Trinajstić information content (AvgIpc) is 2.64. The highest BCUT2D eigenvalue weighted by Gasteiger charge is 2.12. The number of nitrogen functional groups attached to an aromatic ring is 2. The number of fused-ring (bicyclic) bond motifs is 5. The van der Waals surface area contributed by atoms with Gasteiger partial charge >= 0.3 is 0 Å². The lowest BCUT2D eigenvalue weighted by Gasteiger charge is -2.14. The third kappa shape index (κ3) is 1.71. The first-order valence-electron chi connectivity index (χ1n) is 8.04. The van der Waals surface area contributed by atoms with E-state index in [0.29, 0.717) is 11.4 Å². The molecule has 5 aromatic rings. The van der Waals surface area contributed by atoms with E-state index >= 15 is 0 Å². The summed E-state index contributed by atoms with van der Waals surface area (Å²) in [7, 11) is 0. The number of benzene rings is 5. The van der Waals surface area contributed by atoms with Crippen LogP contribution < -0.4 is 11.5 Å². The Kier molecular flexibility index (Phi) is 2.54. The number of hydrogen-bond donors (Lipinski definition) is 2. The molecule has 0 unspecified atom stereocenters. The Bertz CT molecular complexity index is 1170. The molecule has 0 radical (unpaired) electrons. The first-order chi connectivity index (χ1) is 11.7. The normalized spacial score (nSPS) is 11.7. The molecule has 2 nitrogen and oxygen atoms in total. The average molecular weight is 308 g/mol. The lowest BCUT2D eigenvalue weighted by molar-refractivity contribution is 1.75. The Morgan fingerprint density at radius 2 is 0.708 bits per heavy atom. The van der Waals surface area contributed by atoms with E-state index in [1.807, 2.05) is 12.1 Å². The minimum absolute atomic E-state index is 0.665. The molecule has 0 aliphatic rings. The first-order valence-corrected chi connectivity index (χ1v) is 8.04. The van der Waals surface area contributed by atoms with E-state index in [1.165, 1.54) is 21.5 Å². The Hall–Kier alpha value is -3.26. The van der Waals surface area contributed by atoms with Crippen LogP contribution in [-0.2, 0) is 0 Å². The van der Waals surface area contributed by atoms with Gasteiger partial charge in [-0.1, -0.05) is 48.5 Å². The van der Waals surface area contributed by atoms with Crippen LogP contribution in [0.15, 0.2) is 72.8 Å². The third-order valence-corrected chi connectivity index (χ3v) is 4.93. The van der Waals surface area contributed by atoms with E-state index in [0.717, 1.165) is 21.5 Å². The fourth-order valence-corrected chi connectivity index (χ4v) is 3.66. The molecular weight excluding hydrogens is 292 g/mol. The highest BCUT2D eigenvalue weighted by molar-refractivity contribution is 6.23. The van der Waals surface area contributed by atoms with Crippen LogP contribution in [0, 0.1) is 0 Å². The summed E-state index contributed by atoms with van der Waals surface area (Å²) in [5.74, 6) is 0. The number of rotatable bonds is 0.